The standard InChI is InChI=1S/C62H42N2/c1-5-17-43(18-6-1)44-29-34-50(35-30-44)63(52-38-40-60-57(42-52)55-26-15-16-28-59(55)64(60)49-23-11-4-12-24-49)51-36-31-45(32-37-51)48-33-39-54-53-25-13-14-27-56(53)61(46-19-7-2-8-20-46)62(58(54)41-48)47-21-9-3-10-22-47/h1-42H. The van der Waals surface area contributed by atoms with Crippen LogP contribution in [0.15, 0.2) is 255 Å². The van der Waals surface area contributed by atoms with Crippen LogP contribution in [-0.2, 0) is 0 Å². The number of nitrogens with zero attached hydrogens (tertiary/aromatic N) is 2. The number of benzene rings is 11. The molecule has 300 valence electrons. The van der Waals surface area contributed by atoms with Crippen molar-refractivity contribution in [1.82, 2.24) is 4.57 Å². The van der Waals surface area contributed by atoms with Gasteiger partial charge in [0.15, 0.2) is 0 Å². The Labute approximate surface area is 373 Å². The van der Waals surface area contributed by atoms with Gasteiger partial charge in [0.2, 0.25) is 0 Å². The molecule has 0 aliphatic carbocycles. The van der Waals surface area contributed by atoms with E-state index in [1.54, 1.807) is 0 Å². The lowest BCUT2D eigenvalue weighted by atomic mass is 9.84. The van der Waals surface area contributed by atoms with E-state index in [0.29, 0.717) is 0 Å². The Morgan fingerprint density at radius 2 is 0.656 bits per heavy atom. The van der Waals surface area contributed by atoms with Gasteiger partial charge < -0.3 is 9.47 Å². The minimum atomic E-state index is 1.09. The summed E-state index contributed by atoms with van der Waals surface area (Å²) in [5.41, 5.74) is 16.5. The van der Waals surface area contributed by atoms with Gasteiger partial charge in [-0.25, -0.2) is 0 Å². The summed E-state index contributed by atoms with van der Waals surface area (Å²) in [6, 6.07) is 92.6. The minimum Gasteiger partial charge on any atom is -0.310 e. The number of para-hydroxylation sites is 2. The van der Waals surface area contributed by atoms with Gasteiger partial charge in [-0.1, -0.05) is 188 Å². The van der Waals surface area contributed by atoms with E-state index in [1.807, 2.05) is 0 Å². The van der Waals surface area contributed by atoms with Crippen LogP contribution in [0, 0.1) is 0 Å². The van der Waals surface area contributed by atoms with E-state index >= 15 is 0 Å². The van der Waals surface area contributed by atoms with E-state index in [-0.39, 0.29) is 0 Å². The Kier molecular flexibility index (Phi) is 9.20. The van der Waals surface area contributed by atoms with Crippen LogP contribution < -0.4 is 4.90 Å². The second-order valence-electron chi connectivity index (χ2n) is 16.5. The van der Waals surface area contributed by atoms with Crippen molar-refractivity contribution in [3.8, 4) is 50.2 Å². The van der Waals surface area contributed by atoms with Crippen molar-refractivity contribution in [2.24, 2.45) is 0 Å². The summed E-state index contributed by atoms with van der Waals surface area (Å²) in [5.74, 6) is 0. The van der Waals surface area contributed by atoms with Crippen molar-refractivity contribution in [3.05, 3.63) is 255 Å². The Morgan fingerprint density at radius 3 is 1.28 bits per heavy atom. The maximum atomic E-state index is 2.40. The van der Waals surface area contributed by atoms with Crippen LogP contribution >= 0.6 is 0 Å². The second kappa shape index (κ2) is 15.8. The van der Waals surface area contributed by atoms with E-state index < -0.39 is 0 Å². The summed E-state index contributed by atoms with van der Waals surface area (Å²) in [4.78, 5) is 2.39. The van der Waals surface area contributed by atoms with Crippen LogP contribution in [0.5, 0.6) is 0 Å². The van der Waals surface area contributed by atoms with Crippen LogP contribution in [0.1, 0.15) is 0 Å². The lowest BCUT2D eigenvalue weighted by Crippen LogP contribution is -2.10. The summed E-state index contributed by atoms with van der Waals surface area (Å²) in [7, 11) is 0. The summed E-state index contributed by atoms with van der Waals surface area (Å²) >= 11 is 0. The molecule has 0 bridgehead atoms. The maximum absolute atomic E-state index is 2.40. The highest BCUT2D eigenvalue weighted by Crippen LogP contribution is 2.46. The monoisotopic (exact) mass is 814 g/mol. The lowest BCUT2D eigenvalue weighted by Gasteiger charge is -2.26. The molecule has 1 aromatic heterocycles. The molecule has 0 N–H and O–H groups in total. The van der Waals surface area contributed by atoms with Gasteiger partial charge in [0.05, 0.1) is 11.0 Å². The molecule has 11 aromatic carbocycles. The van der Waals surface area contributed by atoms with E-state index in [2.05, 4.69) is 264 Å². The molecule has 0 spiro atoms. The molecule has 64 heavy (non-hydrogen) atoms. The van der Waals surface area contributed by atoms with Gasteiger partial charge in [0.1, 0.15) is 0 Å². The van der Waals surface area contributed by atoms with E-state index in [0.717, 1.165) is 22.7 Å². The SMILES string of the molecule is c1ccc(-c2ccc(N(c3ccc(-c4ccc5c(c4)c(-c4ccccc4)c(-c4ccccc4)c4ccccc45)cc3)c3ccc4c(c3)c3ccccc3n4-c3ccccc3)cc2)cc1. The quantitative estimate of drug-likeness (QED) is 0.139. The molecular weight excluding hydrogens is 773 g/mol. The molecule has 0 unspecified atom stereocenters. The third-order valence-electron chi connectivity index (χ3n) is 12.8. The van der Waals surface area contributed by atoms with Crippen molar-refractivity contribution in [1.29, 1.82) is 0 Å². The zero-order valence-corrected chi connectivity index (χ0v) is 35.1. The van der Waals surface area contributed by atoms with Crippen LogP contribution in [0.25, 0.3) is 93.5 Å². The fourth-order valence-corrected chi connectivity index (χ4v) is 9.82. The summed E-state index contributed by atoms with van der Waals surface area (Å²) in [6.07, 6.45) is 0. The Bertz CT molecular complexity index is 3610. The molecule has 2 nitrogen and oxygen atoms in total. The predicted octanol–water partition coefficient (Wildman–Crippen LogP) is 17.2. The summed E-state index contributed by atoms with van der Waals surface area (Å²) in [6.45, 7) is 0. The highest BCUT2D eigenvalue weighted by molar-refractivity contribution is 6.22. The molecule has 0 atom stereocenters. The minimum absolute atomic E-state index is 1.09. The van der Waals surface area contributed by atoms with E-state index in [1.165, 1.54) is 87.9 Å². The molecular formula is C62H42N2. The zero-order valence-electron chi connectivity index (χ0n) is 35.1. The van der Waals surface area contributed by atoms with Gasteiger partial charge in [0, 0.05) is 33.5 Å². The maximum Gasteiger partial charge on any atom is 0.0542 e. The van der Waals surface area contributed by atoms with E-state index in [4.69, 9.17) is 0 Å². The molecule has 0 saturated heterocycles. The van der Waals surface area contributed by atoms with Gasteiger partial charge in [-0.15, -0.1) is 0 Å². The molecule has 0 amide bonds. The topological polar surface area (TPSA) is 8.17 Å². The average molecular weight is 815 g/mol. The van der Waals surface area contributed by atoms with Crippen molar-refractivity contribution < 1.29 is 0 Å². The molecule has 2 heteroatoms. The van der Waals surface area contributed by atoms with Crippen LogP contribution in [0.4, 0.5) is 17.1 Å². The number of hydrogen-bond donors (Lipinski definition) is 0. The van der Waals surface area contributed by atoms with Gasteiger partial charge in [-0.2, -0.15) is 0 Å². The largest absolute Gasteiger partial charge is 0.310 e. The first kappa shape index (κ1) is 37.3. The highest BCUT2D eigenvalue weighted by atomic mass is 15.1. The van der Waals surface area contributed by atoms with Gasteiger partial charge >= 0.3 is 0 Å². The fraction of sp³-hybridized carbons (Fsp3) is 0. The first-order chi connectivity index (χ1) is 31.8. The Balaban J connectivity index is 1.01. The summed E-state index contributed by atoms with van der Waals surface area (Å²) in [5, 5.41) is 7.46. The second-order valence-corrected chi connectivity index (χ2v) is 16.5. The Hall–Kier alpha value is -8.46. The summed E-state index contributed by atoms with van der Waals surface area (Å²) < 4.78 is 2.38. The molecule has 0 aliphatic rings. The average Bonchev–Trinajstić information content (AvgIpc) is 3.71. The third-order valence-corrected chi connectivity index (χ3v) is 12.8. The molecule has 12 aromatic rings. The number of rotatable bonds is 8. The van der Waals surface area contributed by atoms with Crippen LogP contribution in [0.3, 0.4) is 0 Å². The molecule has 0 saturated carbocycles. The number of fused-ring (bicyclic) bond motifs is 6. The smallest absolute Gasteiger partial charge is 0.0542 e. The van der Waals surface area contributed by atoms with Gasteiger partial charge in [0.25, 0.3) is 0 Å². The Morgan fingerprint density at radius 1 is 0.234 bits per heavy atom. The van der Waals surface area contributed by atoms with Crippen molar-refractivity contribution in [2.75, 3.05) is 4.90 Å². The molecule has 12 rings (SSSR count). The zero-order chi connectivity index (χ0) is 42.4. The molecule has 0 fully saturated rings. The van der Waals surface area contributed by atoms with Crippen molar-refractivity contribution in [3.63, 3.8) is 0 Å². The normalized spacial score (nSPS) is 11.4. The molecule has 1 heterocycles. The first-order valence-electron chi connectivity index (χ1n) is 22.0. The number of anilines is 3. The van der Waals surface area contributed by atoms with Crippen molar-refractivity contribution >= 4 is 60.4 Å². The van der Waals surface area contributed by atoms with Crippen LogP contribution in [0.2, 0.25) is 0 Å². The molecule has 0 aliphatic heterocycles. The predicted molar refractivity (Wildman–Crippen MR) is 272 cm³/mol. The molecule has 0 radical (unpaired) electrons. The van der Waals surface area contributed by atoms with E-state index in [9.17, 15) is 0 Å². The highest BCUT2D eigenvalue weighted by Gasteiger charge is 2.20. The third kappa shape index (κ3) is 6.44. The first-order valence-corrected chi connectivity index (χ1v) is 22.0. The van der Waals surface area contributed by atoms with Crippen LogP contribution in [-0.4, -0.2) is 4.57 Å². The van der Waals surface area contributed by atoms with Crippen molar-refractivity contribution in [2.45, 2.75) is 0 Å². The lowest BCUT2D eigenvalue weighted by molar-refractivity contribution is 1.18. The fourth-order valence-electron chi connectivity index (χ4n) is 9.82. The van der Waals surface area contributed by atoms with Gasteiger partial charge in [-0.3, -0.25) is 0 Å². The van der Waals surface area contributed by atoms with Gasteiger partial charge in [-0.05, 0) is 133 Å². The number of hydrogen-bond acceptors (Lipinski definition) is 1. The number of aromatic nitrogens is 1.